The fourth-order valence-corrected chi connectivity index (χ4v) is 3.19. The second-order valence-electron chi connectivity index (χ2n) is 6.20. The summed E-state index contributed by atoms with van der Waals surface area (Å²) >= 11 is 0. The van der Waals surface area contributed by atoms with E-state index in [4.69, 9.17) is 9.15 Å². The lowest BCUT2D eigenvalue weighted by molar-refractivity contribution is 0.0516. The van der Waals surface area contributed by atoms with Gasteiger partial charge in [-0.2, -0.15) is 0 Å². The molecule has 7 heteroatoms. The van der Waals surface area contributed by atoms with Crippen molar-refractivity contribution < 1.29 is 18.7 Å². The number of carbonyl (C=O) groups is 2. The molecule has 0 bridgehead atoms. The second kappa shape index (κ2) is 6.59. The molecule has 0 aliphatic carbocycles. The number of benzene rings is 1. The molecule has 0 radical (unpaired) electrons. The van der Waals surface area contributed by atoms with Gasteiger partial charge in [0.15, 0.2) is 5.76 Å². The Hall–Kier alpha value is -3.22. The van der Waals surface area contributed by atoms with Gasteiger partial charge in [-0.15, -0.1) is 0 Å². The maximum absolute atomic E-state index is 12.8. The van der Waals surface area contributed by atoms with Crippen LogP contribution in [0.4, 0.5) is 0 Å². The smallest absolute Gasteiger partial charge is 0.289 e. The summed E-state index contributed by atoms with van der Waals surface area (Å²) in [5.74, 6) is 0.864. The maximum atomic E-state index is 12.8. The topological polar surface area (TPSA) is 78.8 Å². The fraction of sp³-hybridized carbons (Fsp3) is 0.263. The molecule has 1 aliphatic rings. The van der Waals surface area contributed by atoms with Crippen LogP contribution < -0.4 is 4.74 Å². The molecule has 3 aromatic rings. The number of aromatic amines is 1. The highest BCUT2D eigenvalue weighted by atomic mass is 16.5. The van der Waals surface area contributed by atoms with Crippen LogP contribution in [0.15, 0.2) is 47.1 Å². The van der Waals surface area contributed by atoms with E-state index in [1.807, 2.05) is 24.3 Å². The monoisotopic (exact) mass is 353 g/mol. The molecule has 0 atom stereocenters. The van der Waals surface area contributed by atoms with Gasteiger partial charge >= 0.3 is 0 Å². The lowest BCUT2D eigenvalue weighted by atomic mass is 10.2. The number of fused-ring (bicyclic) bond motifs is 1. The van der Waals surface area contributed by atoms with Crippen molar-refractivity contribution in [2.45, 2.75) is 0 Å². The van der Waals surface area contributed by atoms with Crippen molar-refractivity contribution in [1.29, 1.82) is 0 Å². The summed E-state index contributed by atoms with van der Waals surface area (Å²) in [6, 6.07) is 10.8. The van der Waals surface area contributed by atoms with Gasteiger partial charge in [-0.05, 0) is 30.3 Å². The van der Waals surface area contributed by atoms with Crippen LogP contribution in [0, 0.1) is 0 Å². The number of furan rings is 1. The molecule has 3 heterocycles. The summed E-state index contributed by atoms with van der Waals surface area (Å²) < 4.78 is 10.4. The minimum absolute atomic E-state index is 0.0646. The number of aromatic nitrogens is 1. The van der Waals surface area contributed by atoms with Crippen molar-refractivity contribution in [3.8, 4) is 5.75 Å². The number of rotatable bonds is 3. The summed E-state index contributed by atoms with van der Waals surface area (Å²) in [4.78, 5) is 31.7. The average molecular weight is 353 g/mol. The highest BCUT2D eigenvalue weighted by Gasteiger charge is 2.27. The summed E-state index contributed by atoms with van der Waals surface area (Å²) in [5.41, 5.74) is 1.40. The number of hydrogen-bond donors (Lipinski definition) is 1. The Labute approximate surface area is 150 Å². The molecule has 1 N–H and O–H groups in total. The SMILES string of the molecule is COc1ccc2cc(C(=O)N3CCN(C(=O)c4ccco4)CC3)[nH]c2c1. The predicted molar refractivity (Wildman–Crippen MR) is 95.4 cm³/mol. The molecular weight excluding hydrogens is 334 g/mol. The normalized spacial score (nSPS) is 14.7. The Balaban J connectivity index is 1.44. The van der Waals surface area contributed by atoms with Crippen LogP contribution in [-0.2, 0) is 0 Å². The van der Waals surface area contributed by atoms with Gasteiger partial charge in [-0.1, -0.05) is 0 Å². The first kappa shape index (κ1) is 16.3. The minimum Gasteiger partial charge on any atom is -0.497 e. The number of H-pyrrole nitrogens is 1. The third kappa shape index (κ3) is 2.92. The zero-order valence-electron chi connectivity index (χ0n) is 14.4. The minimum atomic E-state index is -0.139. The molecule has 134 valence electrons. The van der Waals surface area contributed by atoms with Crippen molar-refractivity contribution in [1.82, 2.24) is 14.8 Å². The molecule has 2 aromatic heterocycles. The van der Waals surface area contributed by atoms with Crippen LogP contribution in [0.5, 0.6) is 5.75 Å². The molecule has 2 amide bonds. The maximum Gasteiger partial charge on any atom is 0.289 e. The van der Waals surface area contributed by atoms with E-state index in [0.717, 1.165) is 16.7 Å². The van der Waals surface area contributed by atoms with Gasteiger partial charge in [0.25, 0.3) is 11.8 Å². The number of hydrogen-bond acceptors (Lipinski definition) is 4. The van der Waals surface area contributed by atoms with Crippen molar-refractivity contribution >= 4 is 22.7 Å². The highest BCUT2D eigenvalue weighted by Crippen LogP contribution is 2.22. The van der Waals surface area contributed by atoms with Crippen LogP contribution in [0.25, 0.3) is 10.9 Å². The van der Waals surface area contributed by atoms with Gasteiger partial charge in [0.05, 0.1) is 13.4 Å². The Kier molecular flexibility index (Phi) is 4.12. The molecule has 1 fully saturated rings. The second-order valence-corrected chi connectivity index (χ2v) is 6.20. The number of carbonyl (C=O) groups excluding carboxylic acids is 2. The van der Waals surface area contributed by atoms with E-state index in [1.165, 1.54) is 6.26 Å². The van der Waals surface area contributed by atoms with Gasteiger partial charge in [0.2, 0.25) is 0 Å². The molecule has 4 rings (SSSR count). The first-order valence-electron chi connectivity index (χ1n) is 8.44. The lowest BCUT2D eigenvalue weighted by Gasteiger charge is -2.34. The van der Waals surface area contributed by atoms with E-state index in [2.05, 4.69) is 4.98 Å². The first-order valence-corrected chi connectivity index (χ1v) is 8.44. The standard InChI is InChI=1S/C19H19N3O4/c1-25-14-5-4-13-11-16(20-15(13)12-14)18(23)21-6-8-22(9-7-21)19(24)17-3-2-10-26-17/h2-5,10-12,20H,6-9H2,1H3. The first-order chi connectivity index (χ1) is 12.7. The largest absolute Gasteiger partial charge is 0.497 e. The fourth-order valence-electron chi connectivity index (χ4n) is 3.19. The van der Waals surface area contributed by atoms with Gasteiger partial charge in [0, 0.05) is 43.1 Å². The van der Waals surface area contributed by atoms with Crippen molar-refractivity contribution in [3.63, 3.8) is 0 Å². The van der Waals surface area contributed by atoms with Crippen molar-refractivity contribution in [3.05, 3.63) is 54.1 Å². The van der Waals surface area contributed by atoms with Gasteiger partial charge in [0.1, 0.15) is 11.4 Å². The van der Waals surface area contributed by atoms with E-state index >= 15 is 0 Å². The number of nitrogens with one attached hydrogen (secondary N) is 1. The number of methoxy groups -OCH3 is 1. The molecule has 0 spiro atoms. The third-order valence-corrected chi connectivity index (χ3v) is 4.65. The zero-order valence-corrected chi connectivity index (χ0v) is 14.4. The molecule has 1 aromatic carbocycles. The zero-order chi connectivity index (χ0) is 18.1. The number of amides is 2. The van der Waals surface area contributed by atoms with Crippen LogP contribution in [0.3, 0.4) is 0 Å². The molecule has 26 heavy (non-hydrogen) atoms. The van der Waals surface area contributed by atoms with Crippen LogP contribution in [0.2, 0.25) is 0 Å². The predicted octanol–water partition coefficient (Wildman–Crippen LogP) is 2.37. The average Bonchev–Trinajstić information content (AvgIpc) is 3.36. The van der Waals surface area contributed by atoms with E-state index in [-0.39, 0.29) is 11.8 Å². The van der Waals surface area contributed by atoms with Crippen LogP contribution >= 0.6 is 0 Å². The Morgan fingerprint density at radius 2 is 1.77 bits per heavy atom. The quantitative estimate of drug-likeness (QED) is 0.784. The Morgan fingerprint density at radius 1 is 1.04 bits per heavy atom. The number of piperazine rings is 1. The van der Waals surface area contributed by atoms with E-state index < -0.39 is 0 Å². The van der Waals surface area contributed by atoms with E-state index in [9.17, 15) is 9.59 Å². The summed E-state index contributed by atoms with van der Waals surface area (Å²) in [7, 11) is 1.61. The Bertz CT molecular complexity index is 937. The molecular formula is C19H19N3O4. The summed E-state index contributed by atoms with van der Waals surface area (Å²) in [5, 5.41) is 0.959. The van der Waals surface area contributed by atoms with E-state index in [1.54, 1.807) is 29.0 Å². The number of ether oxygens (including phenoxy) is 1. The van der Waals surface area contributed by atoms with Crippen molar-refractivity contribution in [2.75, 3.05) is 33.3 Å². The summed E-state index contributed by atoms with van der Waals surface area (Å²) in [6.07, 6.45) is 1.48. The van der Waals surface area contributed by atoms with Crippen LogP contribution in [-0.4, -0.2) is 59.9 Å². The molecule has 7 nitrogen and oxygen atoms in total. The van der Waals surface area contributed by atoms with Crippen LogP contribution in [0.1, 0.15) is 21.0 Å². The van der Waals surface area contributed by atoms with Gasteiger partial charge in [-0.3, -0.25) is 9.59 Å². The highest BCUT2D eigenvalue weighted by molar-refractivity contribution is 5.98. The molecule has 1 saturated heterocycles. The number of nitrogens with zero attached hydrogens (tertiary/aromatic N) is 2. The molecule has 0 saturated carbocycles. The third-order valence-electron chi connectivity index (χ3n) is 4.65. The lowest BCUT2D eigenvalue weighted by Crippen LogP contribution is -2.50. The summed E-state index contributed by atoms with van der Waals surface area (Å²) in [6.45, 7) is 1.95. The molecule has 0 unspecified atom stereocenters. The van der Waals surface area contributed by atoms with Gasteiger partial charge < -0.3 is 23.9 Å². The Morgan fingerprint density at radius 3 is 2.42 bits per heavy atom. The van der Waals surface area contributed by atoms with Gasteiger partial charge in [-0.25, -0.2) is 0 Å². The van der Waals surface area contributed by atoms with Crippen molar-refractivity contribution in [2.24, 2.45) is 0 Å². The van der Waals surface area contributed by atoms with E-state index in [0.29, 0.717) is 37.6 Å². The molecule has 1 aliphatic heterocycles.